The van der Waals surface area contributed by atoms with E-state index in [-0.39, 0.29) is 20.6 Å². The topological polar surface area (TPSA) is 88.1 Å². The molecule has 0 atom stereocenters. The Kier molecular flexibility index (Phi) is 9.07. The molecule has 0 aliphatic heterocycles. The van der Waals surface area contributed by atoms with Crippen molar-refractivity contribution in [2.75, 3.05) is 10.8 Å². The molecule has 0 saturated heterocycles. The number of sulfonamides is 1. The van der Waals surface area contributed by atoms with Gasteiger partial charge in [0.15, 0.2) is 0 Å². The SMILES string of the molecule is O=C(CN(c1ccc(Cl)c(Cl)c1)S(=O)(=O)c1ccccc1)N/N=C/c1ccc(OCc2cccc3ccccc23)cc1. The van der Waals surface area contributed by atoms with Crippen molar-refractivity contribution in [1.29, 1.82) is 0 Å². The molecule has 42 heavy (non-hydrogen) atoms. The van der Waals surface area contributed by atoms with Crippen molar-refractivity contribution in [3.63, 3.8) is 0 Å². The number of amides is 1. The number of benzene rings is 5. The molecule has 0 heterocycles. The first-order valence-corrected chi connectivity index (χ1v) is 15.0. The average molecular weight is 619 g/mol. The largest absolute Gasteiger partial charge is 0.489 e. The van der Waals surface area contributed by atoms with Gasteiger partial charge in [-0.2, -0.15) is 5.10 Å². The van der Waals surface area contributed by atoms with Crippen molar-refractivity contribution in [1.82, 2.24) is 5.43 Å². The van der Waals surface area contributed by atoms with Crippen molar-refractivity contribution in [2.45, 2.75) is 11.5 Å². The van der Waals surface area contributed by atoms with E-state index in [0.29, 0.717) is 17.9 Å². The fraction of sp³-hybridized carbons (Fsp3) is 0.0625. The van der Waals surface area contributed by atoms with Gasteiger partial charge in [0.05, 0.1) is 26.8 Å². The van der Waals surface area contributed by atoms with Gasteiger partial charge in [0.1, 0.15) is 18.9 Å². The van der Waals surface area contributed by atoms with Crippen LogP contribution in [0, 0.1) is 0 Å². The summed E-state index contributed by atoms with van der Waals surface area (Å²) >= 11 is 12.2. The second kappa shape index (κ2) is 13.1. The maximum Gasteiger partial charge on any atom is 0.264 e. The van der Waals surface area contributed by atoms with Crippen LogP contribution in [0.3, 0.4) is 0 Å². The van der Waals surface area contributed by atoms with E-state index in [1.807, 2.05) is 36.4 Å². The van der Waals surface area contributed by atoms with Gasteiger partial charge in [-0.3, -0.25) is 9.10 Å². The van der Waals surface area contributed by atoms with E-state index in [9.17, 15) is 13.2 Å². The Hall–Kier alpha value is -4.37. The molecule has 7 nitrogen and oxygen atoms in total. The molecular weight excluding hydrogens is 593 g/mol. The zero-order chi connectivity index (χ0) is 29.5. The van der Waals surface area contributed by atoms with Crippen LogP contribution in [-0.2, 0) is 21.4 Å². The van der Waals surface area contributed by atoms with Crippen LogP contribution < -0.4 is 14.5 Å². The van der Waals surface area contributed by atoms with E-state index in [4.69, 9.17) is 27.9 Å². The zero-order valence-electron chi connectivity index (χ0n) is 22.2. The van der Waals surface area contributed by atoms with Crippen LogP contribution in [0.4, 0.5) is 5.69 Å². The van der Waals surface area contributed by atoms with Gasteiger partial charge in [-0.15, -0.1) is 0 Å². The van der Waals surface area contributed by atoms with Gasteiger partial charge in [0.25, 0.3) is 15.9 Å². The molecule has 1 N–H and O–H groups in total. The number of halogens is 2. The molecule has 1 amide bonds. The second-order valence-corrected chi connectivity index (χ2v) is 11.9. The summed E-state index contributed by atoms with van der Waals surface area (Å²) in [6.07, 6.45) is 1.46. The molecule has 0 unspecified atom stereocenters. The molecule has 212 valence electrons. The van der Waals surface area contributed by atoms with E-state index < -0.39 is 22.5 Å². The quantitative estimate of drug-likeness (QED) is 0.134. The molecule has 0 aliphatic carbocycles. The predicted molar refractivity (Wildman–Crippen MR) is 168 cm³/mol. The Morgan fingerprint density at radius 2 is 1.55 bits per heavy atom. The van der Waals surface area contributed by atoms with E-state index >= 15 is 0 Å². The fourth-order valence-corrected chi connectivity index (χ4v) is 5.98. The van der Waals surface area contributed by atoms with E-state index in [1.54, 1.807) is 30.3 Å². The predicted octanol–water partition coefficient (Wildman–Crippen LogP) is 7.07. The number of rotatable bonds is 10. The summed E-state index contributed by atoms with van der Waals surface area (Å²) in [6, 6.07) is 33.7. The smallest absolute Gasteiger partial charge is 0.264 e. The van der Waals surface area contributed by atoms with Crippen LogP contribution in [0.1, 0.15) is 11.1 Å². The number of carbonyl (C=O) groups is 1. The van der Waals surface area contributed by atoms with Crippen LogP contribution in [0.25, 0.3) is 10.8 Å². The first-order valence-electron chi connectivity index (χ1n) is 12.9. The first kappa shape index (κ1) is 29.1. The first-order chi connectivity index (χ1) is 20.3. The van der Waals surface area contributed by atoms with E-state index in [0.717, 1.165) is 20.6 Å². The highest BCUT2D eigenvalue weighted by Crippen LogP contribution is 2.30. The van der Waals surface area contributed by atoms with Crippen LogP contribution in [0.15, 0.2) is 125 Å². The lowest BCUT2D eigenvalue weighted by molar-refractivity contribution is -0.119. The van der Waals surface area contributed by atoms with E-state index in [2.05, 4.69) is 28.7 Å². The normalized spacial score (nSPS) is 11.5. The number of nitrogens with one attached hydrogen (secondary N) is 1. The summed E-state index contributed by atoms with van der Waals surface area (Å²) in [5, 5.41) is 6.72. The van der Waals surface area contributed by atoms with Gasteiger partial charge in [-0.25, -0.2) is 13.8 Å². The highest BCUT2D eigenvalue weighted by molar-refractivity contribution is 7.92. The molecule has 0 radical (unpaired) electrons. The molecule has 5 aromatic rings. The maximum absolute atomic E-state index is 13.4. The summed E-state index contributed by atoms with van der Waals surface area (Å²) in [6.45, 7) is -0.112. The summed E-state index contributed by atoms with van der Waals surface area (Å²) in [7, 11) is -4.09. The summed E-state index contributed by atoms with van der Waals surface area (Å²) in [5.74, 6) is 0.0411. The molecule has 5 rings (SSSR count). The number of carbonyl (C=O) groups excluding carboxylic acids is 1. The lowest BCUT2D eigenvalue weighted by atomic mass is 10.1. The van der Waals surface area contributed by atoms with Crippen molar-refractivity contribution >= 4 is 61.8 Å². The minimum atomic E-state index is -4.09. The highest BCUT2D eigenvalue weighted by Gasteiger charge is 2.27. The molecule has 0 spiro atoms. The van der Waals surface area contributed by atoms with Gasteiger partial charge < -0.3 is 4.74 Å². The molecule has 0 aromatic heterocycles. The molecule has 0 saturated carbocycles. The summed E-state index contributed by atoms with van der Waals surface area (Å²) in [5.41, 5.74) is 4.38. The van der Waals surface area contributed by atoms with E-state index in [1.165, 1.54) is 36.5 Å². The third-order valence-electron chi connectivity index (χ3n) is 6.37. The number of hydrogen-bond acceptors (Lipinski definition) is 5. The number of ether oxygens (including phenoxy) is 1. The number of fused-ring (bicyclic) bond motifs is 1. The van der Waals surface area contributed by atoms with Crippen molar-refractivity contribution in [3.05, 3.63) is 136 Å². The molecular formula is C32H25Cl2N3O4S. The standard InChI is InChI=1S/C32H25Cl2N3O4S/c33-30-18-15-26(19-31(30)34)37(42(39,40)28-10-2-1-3-11-28)21-32(38)36-35-20-23-13-16-27(17-14-23)41-22-25-9-6-8-24-7-4-5-12-29(24)25/h1-20H,21-22H2,(H,36,38)/b35-20+. The lowest BCUT2D eigenvalue weighted by Crippen LogP contribution is -2.39. The summed E-state index contributed by atoms with van der Waals surface area (Å²) < 4.78 is 33.8. The Balaban J connectivity index is 1.23. The third-order valence-corrected chi connectivity index (χ3v) is 8.89. The minimum Gasteiger partial charge on any atom is -0.489 e. The number of nitrogens with zero attached hydrogens (tertiary/aromatic N) is 2. The fourth-order valence-electron chi connectivity index (χ4n) is 4.25. The molecule has 0 bridgehead atoms. The monoisotopic (exact) mass is 617 g/mol. The zero-order valence-corrected chi connectivity index (χ0v) is 24.5. The minimum absolute atomic E-state index is 0.0233. The van der Waals surface area contributed by atoms with Crippen molar-refractivity contribution in [3.8, 4) is 5.75 Å². The van der Waals surface area contributed by atoms with Gasteiger partial charge in [-0.1, -0.05) is 83.9 Å². The van der Waals surface area contributed by atoms with Crippen molar-refractivity contribution < 1.29 is 17.9 Å². The molecule has 0 aliphatic rings. The van der Waals surface area contributed by atoms with Gasteiger partial charge >= 0.3 is 0 Å². The van der Waals surface area contributed by atoms with Gasteiger partial charge in [0.2, 0.25) is 0 Å². The van der Waals surface area contributed by atoms with Crippen LogP contribution in [0.5, 0.6) is 5.75 Å². The average Bonchev–Trinajstić information content (AvgIpc) is 3.01. The number of hydrazone groups is 1. The summed E-state index contributed by atoms with van der Waals surface area (Å²) in [4.78, 5) is 12.8. The highest BCUT2D eigenvalue weighted by atomic mass is 35.5. The Morgan fingerprint density at radius 3 is 2.31 bits per heavy atom. The second-order valence-electron chi connectivity index (χ2n) is 9.21. The Labute approximate surface area is 254 Å². The number of hydrogen-bond donors (Lipinski definition) is 1. The third kappa shape index (κ3) is 6.91. The molecule has 10 heteroatoms. The van der Waals surface area contributed by atoms with Crippen molar-refractivity contribution in [2.24, 2.45) is 5.10 Å². The Bertz CT molecular complexity index is 1840. The molecule has 5 aromatic carbocycles. The maximum atomic E-state index is 13.4. The van der Waals surface area contributed by atoms with Gasteiger partial charge in [-0.05, 0) is 76.5 Å². The Morgan fingerprint density at radius 1 is 0.833 bits per heavy atom. The lowest BCUT2D eigenvalue weighted by Gasteiger charge is -2.24. The number of anilines is 1. The molecule has 0 fully saturated rings. The van der Waals surface area contributed by atoms with Crippen LogP contribution in [0.2, 0.25) is 10.0 Å². The van der Waals surface area contributed by atoms with Crippen LogP contribution in [-0.4, -0.2) is 27.1 Å². The van der Waals surface area contributed by atoms with Crippen LogP contribution >= 0.6 is 23.2 Å². The van der Waals surface area contributed by atoms with Gasteiger partial charge in [0, 0.05) is 0 Å².